The molecular weight excluding hydrogens is 564 g/mol. The van der Waals surface area contributed by atoms with Gasteiger partial charge < -0.3 is 24.2 Å². The van der Waals surface area contributed by atoms with Crippen LogP contribution in [0.3, 0.4) is 0 Å². The molecule has 1 aliphatic rings. The van der Waals surface area contributed by atoms with Gasteiger partial charge >= 0.3 is 19.4 Å². The van der Waals surface area contributed by atoms with Gasteiger partial charge in [0.1, 0.15) is 17.6 Å². The van der Waals surface area contributed by atoms with E-state index in [0.29, 0.717) is 6.20 Å². The van der Waals surface area contributed by atoms with E-state index >= 15 is 0 Å². The molecule has 0 aliphatic carbocycles. The average molecular weight is 600 g/mol. The highest BCUT2D eigenvalue weighted by Crippen LogP contribution is 2.48. The van der Waals surface area contributed by atoms with Crippen LogP contribution in [0.15, 0.2) is 57.6 Å². The van der Waals surface area contributed by atoms with E-state index in [1.165, 1.54) is 19.1 Å². The van der Waals surface area contributed by atoms with Crippen molar-refractivity contribution in [3.05, 3.63) is 74.7 Å². The summed E-state index contributed by atoms with van der Waals surface area (Å²) in [4.78, 5) is 37.8. The second kappa shape index (κ2) is 14.4. The van der Waals surface area contributed by atoms with E-state index < -0.39 is 61.2 Å². The van der Waals surface area contributed by atoms with Crippen LogP contribution >= 0.6 is 7.75 Å². The lowest BCUT2D eigenvalue weighted by Gasteiger charge is -2.26. The lowest BCUT2D eigenvalue weighted by atomic mass is 10.1. The van der Waals surface area contributed by atoms with Crippen molar-refractivity contribution in [2.45, 2.75) is 52.3 Å². The summed E-state index contributed by atoms with van der Waals surface area (Å²) in [6, 6.07) is 6.80. The Morgan fingerprint density at radius 2 is 1.95 bits per heavy atom. The van der Waals surface area contributed by atoms with Gasteiger partial charge in [-0.1, -0.05) is 44.9 Å². The van der Waals surface area contributed by atoms with E-state index in [1.807, 2.05) is 18.8 Å². The van der Waals surface area contributed by atoms with Gasteiger partial charge in [-0.2, -0.15) is 9.48 Å². The van der Waals surface area contributed by atoms with Crippen molar-refractivity contribution < 1.29 is 42.5 Å². The summed E-state index contributed by atoms with van der Waals surface area (Å²) in [6.45, 7) is 4.24. The number of benzene rings is 1. The normalized spacial score (nSPS) is 18.0. The Bertz CT molecular complexity index is 1380. The minimum Gasteiger partial charge on any atom is -0.508 e. The number of carbonyl (C=O) groups is 1. The molecule has 0 fully saturated rings. The molecule has 0 saturated carbocycles. The van der Waals surface area contributed by atoms with Crippen LogP contribution < -0.4 is 20.9 Å². The number of hydrogen-bond acceptors (Lipinski definition) is 10. The molecule has 3 rings (SSSR count). The number of aromatic amines is 1. The van der Waals surface area contributed by atoms with Crippen molar-refractivity contribution in [2.24, 2.45) is 11.8 Å². The lowest BCUT2D eigenvalue weighted by Crippen LogP contribution is -2.37. The highest BCUT2D eigenvalue weighted by atomic mass is 31.2. The van der Waals surface area contributed by atoms with E-state index in [4.69, 9.17) is 18.5 Å². The molecular formula is C26H35FN3O10P. The number of nitrogens with zero attached hydrogens (tertiary/aromatic N) is 1. The van der Waals surface area contributed by atoms with Crippen molar-refractivity contribution in [1.29, 1.82) is 0 Å². The predicted octanol–water partition coefficient (Wildman–Crippen LogP) is 2.61. The van der Waals surface area contributed by atoms with Crippen LogP contribution in [-0.2, 0) is 29.9 Å². The molecule has 4 atom stereocenters. The molecule has 0 bridgehead atoms. The number of nitrogens with one attached hydrogen (secondary N) is 2. The van der Waals surface area contributed by atoms with Crippen molar-refractivity contribution in [3.8, 4) is 5.75 Å². The van der Waals surface area contributed by atoms with Gasteiger partial charge in [0.05, 0.1) is 31.9 Å². The molecule has 0 radical (unpaired) electrons. The minimum atomic E-state index is -4.45. The third-order valence-corrected chi connectivity index (χ3v) is 8.16. The van der Waals surface area contributed by atoms with Crippen molar-refractivity contribution >= 4 is 13.7 Å². The third kappa shape index (κ3) is 8.52. The van der Waals surface area contributed by atoms with Crippen LogP contribution in [0.2, 0.25) is 0 Å². The third-order valence-electron chi connectivity index (χ3n) is 6.48. The molecule has 1 aromatic heterocycles. The first-order chi connectivity index (χ1) is 19.5. The monoisotopic (exact) mass is 599 g/mol. The SMILES string of the molecule is CCC(CC)COC(=O)[C@H](C)N[P@@](=O)(Oc1ccccc1)O[C@H](CO)C1=C(O)C(Cn2cc(F)c(=O)[nH]c2=O)CO1. The van der Waals surface area contributed by atoms with Crippen molar-refractivity contribution in [3.63, 3.8) is 0 Å². The zero-order valence-electron chi connectivity index (χ0n) is 22.9. The average Bonchev–Trinajstić information content (AvgIpc) is 3.30. The molecule has 0 spiro atoms. The summed E-state index contributed by atoms with van der Waals surface area (Å²) in [5.41, 5.74) is -2.08. The van der Waals surface area contributed by atoms with Crippen LogP contribution in [0.4, 0.5) is 4.39 Å². The number of halogens is 1. The van der Waals surface area contributed by atoms with Gasteiger partial charge in [-0.25, -0.2) is 9.36 Å². The highest BCUT2D eigenvalue weighted by Gasteiger charge is 2.40. The fourth-order valence-electron chi connectivity index (χ4n) is 3.97. The zero-order chi connectivity index (χ0) is 30.2. The van der Waals surface area contributed by atoms with Gasteiger partial charge in [0.2, 0.25) is 5.82 Å². The number of para-hydroxylation sites is 1. The maximum atomic E-state index is 13.9. The number of rotatable bonds is 15. The number of hydrogen-bond donors (Lipinski definition) is 4. The fourth-order valence-corrected chi connectivity index (χ4v) is 5.60. The minimum absolute atomic E-state index is 0.125. The highest BCUT2D eigenvalue weighted by molar-refractivity contribution is 7.52. The Kier molecular flexibility index (Phi) is 11.3. The molecule has 13 nitrogen and oxygen atoms in total. The quantitative estimate of drug-likeness (QED) is 0.175. The molecule has 1 aliphatic heterocycles. The summed E-state index contributed by atoms with van der Waals surface area (Å²) in [5.74, 6) is -3.24. The van der Waals surface area contributed by atoms with E-state index in [2.05, 4.69) is 5.09 Å². The summed E-state index contributed by atoms with van der Waals surface area (Å²) in [5, 5.41) is 23.4. The molecule has 226 valence electrons. The zero-order valence-corrected chi connectivity index (χ0v) is 23.8. The van der Waals surface area contributed by atoms with Crippen LogP contribution in [0.25, 0.3) is 0 Å². The maximum absolute atomic E-state index is 13.9. The summed E-state index contributed by atoms with van der Waals surface area (Å²) < 4.78 is 50.5. The molecule has 0 saturated heterocycles. The number of aliphatic hydroxyl groups excluding tert-OH is 2. The van der Waals surface area contributed by atoms with Gasteiger partial charge in [-0.05, 0) is 25.0 Å². The topological polar surface area (TPSA) is 178 Å². The Morgan fingerprint density at radius 3 is 2.59 bits per heavy atom. The van der Waals surface area contributed by atoms with Gasteiger partial charge in [0.25, 0.3) is 5.56 Å². The fraction of sp³-hybridized carbons (Fsp3) is 0.500. The van der Waals surface area contributed by atoms with Gasteiger partial charge in [-0.3, -0.25) is 23.7 Å². The van der Waals surface area contributed by atoms with E-state index in [-0.39, 0.29) is 37.2 Å². The van der Waals surface area contributed by atoms with Gasteiger partial charge in [-0.15, -0.1) is 0 Å². The molecule has 2 heterocycles. The van der Waals surface area contributed by atoms with Crippen LogP contribution in [0.5, 0.6) is 5.75 Å². The molecule has 41 heavy (non-hydrogen) atoms. The second-order valence-electron chi connectivity index (χ2n) is 9.49. The van der Waals surface area contributed by atoms with Gasteiger partial charge in [0, 0.05) is 6.54 Å². The van der Waals surface area contributed by atoms with Crippen molar-refractivity contribution in [1.82, 2.24) is 14.6 Å². The first kappa shape index (κ1) is 32.1. The first-order valence-electron chi connectivity index (χ1n) is 13.1. The summed E-state index contributed by atoms with van der Waals surface area (Å²) in [6.07, 6.45) is 0.794. The number of aliphatic hydroxyl groups is 2. The Hall–Kier alpha value is -3.45. The Labute approximate surface area is 235 Å². The second-order valence-corrected chi connectivity index (χ2v) is 11.1. The van der Waals surface area contributed by atoms with Crippen LogP contribution in [0, 0.1) is 17.7 Å². The molecule has 1 unspecified atom stereocenters. The van der Waals surface area contributed by atoms with Crippen molar-refractivity contribution in [2.75, 3.05) is 19.8 Å². The molecule has 4 N–H and O–H groups in total. The number of esters is 1. The largest absolute Gasteiger partial charge is 0.508 e. The van der Waals surface area contributed by atoms with E-state index in [1.54, 1.807) is 18.2 Å². The number of aromatic nitrogens is 2. The summed E-state index contributed by atoms with van der Waals surface area (Å²) in [7, 11) is -4.45. The Morgan fingerprint density at radius 1 is 1.27 bits per heavy atom. The predicted molar refractivity (Wildman–Crippen MR) is 145 cm³/mol. The lowest BCUT2D eigenvalue weighted by molar-refractivity contribution is -0.146. The molecule has 2 aromatic rings. The first-order valence-corrected chi connectivity index (χ1v) is 14.7. The van der Waals surface area contributed by atoms with Crippen LogP contribution in [-0.4, -0.2) is 57.7 Å². The molecule has 0 amide bonds. The number of H-pyrrole nitrogens is 1. The number of carbonyl (C=O) groups excluding carboxylic acids is 1. The van der Waals surface area contributed by atoms with Gasteiger partial charge in [0.15, 0.2) is 11.9 Å². The smallest absolute Gasteiger partial charge is 0.460 e. The maximum Gasteiger partial charge on any atom is 0.460 e. The Balaban J connectivity index is 1.81. The van der Waals surface area contributed by atoms with Crippen LogP contribution in [0.1, 0.15) is 33.6 Å². The summed E-state index contributed by atoms with van der Waals surface area (Å²) >= 11 is 0. The molecule has 15 heteroatoms. The molecule has 1 aromatic carbocycles. The number of ether oxygens (including phenoxy) is 2. The van der Waals surface area contributed by atoms with E-state index in [9.17, 15) is 33.6 Å². The van der Waals surface area contributed by atoms with E-state index in [0.717, 1.165) is 17.4 Å². The standard InChI is InChI=1S/C26H35FN3O10P/c1-4-17(5-2)14-38-25(34)16(3)29-41(36,39-19-9-7-6-8-10-19)40-21(13-31)23-22(32)18(15-37-23)11-30-12-20(27)24(33)28-26(30)35/h6-10,12,16-18,21,31-32H,4-5,11,13-15H2,1-3H3,(H,29,36)(H,28,33,35)/t16-,18?,21+,41+/m0/s1.